The van der Waals surface area contributed by atoms with E-state index in [4.69, 9.17) is 5.11 Å². The molecule has 21 heavy (non-hydrogen) atoms. The van der Waals surface area contributed by atoms with Crippen molar-refractivity contribution in [2.75, 3.05) is 4.72 Å². The highest BCUT2D eigenvalue weighted by Gasteiger charge is 2.24. The number of hydrogen-bond donors (Lipinski definition) is 2. The average Bonchev–Trinajstić information content (AvgIpc) is 2.84. The van der Waals surface area contributed by atoms with Gasteiger partial charge in [-0.3, -0.25) is 4.72 Å². The van der Waals surface area contributed by atoms with E-state index < -0.39 is 50.0 Å². The molecule has 0 atom stereocenters. The second kappa shape index (κ2) is 5.13. The lowest BCUT2D eigenvalue weighted by atomic mass is 10.3. The molecule has 0 spiro atoms. The molecular formula is C11H6F3NO5S. The maximum atomic E-state index is 13.4. The topological polar surface area (TPSA) is 96.6 Å². The number of nitrogens with one attached hydrogen (secondary N) is 1. The van der Waals surface area contributed by atoms with Gasteiger partial charge in [0.15, 0.2) is 11.6 Å². The summed E-state index contributed by atoms with van der Waals surface area (Å²) in [6, 6.07) is 2.22. The Labute approximate surface area is 115 Å². The van der Waals surface area contributed by atoms with Crippen molar-refractivity contribution in [1.29, 1.82) is 0 Å². The minimum Gasteiger partial charge on any atom is -0.475 e. The average molecular weight is 321 g/mol. The molecule has 0 unspecified atom stereocenters. The Kier molecular flexibility index (Phi) is 3.64. The highest BCUT2D eigenvalue weighted by molar-refractivity contribution is 7.92. The maximum absolute atomic E-state index is 13.4. The Morgan fingerprint density at radius 1 is 1.14 bits per heavy atom. The molecule has 1 aromatic heterocycles. The van der Waals surface area contributed by atoms with Gasteiger partial charge < -0.3 is 9.52 Å². The number of aromatic carboxylic acids is 1. The molecule has 0 bridgehead atoms. The Balaban J connectivity index is 2.40. The Hall–Kier alpha value is -2.49. The van der Waals surface area contributed by atoms with Crippen LogP contribution in [0.2, 0.25) is 0 Å². The molecule has 0 saturated carbocycles. The first-order chi connectivity index (χ1) is 9.70. The molecule has 0 radical (unpaired) electrons. The van der Waals surface area contributed by atoms with Crippen LogP contribution in [0.25, 0.3) is 0 Å². The van der Waals surface area contributed by atoms with Gasteiger partial charge in [0.05, 0.1) is 0 Å². The van der Waals surface area contributed by atoms with Gasteiger partial charge in [0, 0.05) is 12.1 Å². The predicted octanol–water partition coefficient (Wildman–Crippen LogP) is 2.20. The van der Waals surface area contributed by atoms with E-state index in [0.717, 1.165) is 12.1 Å². The molecule has 0 saturated heterocycles. The summed E-state index contributed by atoms with van der Waals surface area (Å²) in [5.41, 5.74) is -1.11. The first-order valence-corrected chi connectivity index (χ1v) is 6.69. The van der Waals surface area contributed by atoms with Crippen LogP contribution in [-0.2, 0) is 10.0 Å². The van der Waals surface area contributed by atoms with Crippen LogP contribution in [0.1, 0.15) is 10.6 Å². The number of furan rings is 1. The van der Waals surface area contributed by atoms with Crippen LogP contribution in [0.4, 0.5) is 18.9 Å². The van der Waals surface area contributed by atoms with Gasteiger partial charge in [-0.25, -0.2) is 18.0 Å². The summed E-state index contributed by atoms with van der Waals surface area (Å²) in [5.74, 6) is -6.35. The van der Waals surface area contributed by atoms with E-state index in [1.165, 1.54) is 4.72 Å². The van der Waals surface area contributed by atoms with Gasteiger partial charge in [0.2, 0.25) is 10.9 Å². The van der Waals surface area contributed by atoms with Crippen molar-refractivity contribution in [3.63, 3.8) is 0 Å². The molecule has 2 aromatic rings. The molecule has 2 rings (SSSR count). The summed E-state index contributed by atoms with van der Waals surface area (Å²) in [6.45, 7) is 0. The standard InChI is InChI=1S/C11H6F3NO5S/c12-5-3-6(13)10(7(14)4-5)15-21(18,19)9-2-1-8(20-9)11(16)17/h1-4,15H,(H,16,17). The minimum atomic E-state index is -4.57. The molecule has 1 aromatic carbocycles. The van der Waals surface area contributed by atoms with Gasteiger partial charge >= 0.3 is 5.97 Å². The Morgan fingerprint density at radius 2 is 1.71 bits per heavy atom. The summed E-state index contributed by atoms with van der Waals surface area (Å²) in [4.78, 5) is 10.6. The summed E-state index contributed by atoms with van der Waals surface area (Å²) >= 11 is 0. The molecule has 2 N–H and O–H groups in total. The third-order valence-electron chi connectivity index (χ3n) is 2.30. The lowest BCUT2D eigenvalue weighted by molar-refractivity contribution is 0.0656. The van der Waals surface area contributed by atoms with Crippen molar-refractivity contribution in [2.24, 2.45) is 0 Å². The van der Waals surface area contributed by atoms with E-state index in [-0.39, 0.29) is 12.1 Å². The zero-order valence-electron chi connectivity index (χ0n) is 9.93. The number of benzene rings is 1. The van der Waals surface area contributed by atoms with E-state index in [1.807, 2.05) is 0 Å². The second-order valence-corrected chi connectivity index (χ2v) is 5.39. The zero-order chi connectivity index (χ0) is 15.8. The Bertz CT molecular complexity index is 792. The van der Waals surface area contributed by atoms with Crippen LogP contribution < -0.4 is 4.72 Å². The van der Waals surface area contributed by atoms with Crippen LogP contribution in [0.3, 0.4) is 0 Å². The molecule has 0 aliphatic carbocycles. The van der Waals surface area contributed by atoms with Gasteiger partial charge in [0.25, 0.3) is 10.0 Å². The van der Waals surface area contributed by atoms with E-state index >= 15 is 0 Å². The number of rotatable bonds is 4. The van der Waals surface area contributed by atoms with Crippen LogP contribution in [-0.4, -0.2) is 19.5 Å². The number of carboxylic acid groups (broad SMARTS) is 1. The molecule has 0 aliphatic rings. The number of carboxylic acids is 1. The van der Waals surface area contributed by atoms with Gasteiger partial charge in [-0.2, -0.15) is 8.42 Å². The van der Waals surface area contributed by atoms with Gasteiger partial charge in [-0.15, -0.1) is 0 Å². The molecule has 10 heteroatoms. The van der Waals surface area contributed by atoms with Gasteiger partial charge in [-0.1, -0.05) is 0 Å². The molecule has 0 fully saturated rings. The molecule has 112 valence electrons. The SMILES string of the molecule is O=C(O)c1ccc(S(=O)(=O)Nc2c(F)cc(F)cc2F)o1. The predicted molar refractivity (Wildman–Crippen MR) is 62.8 cm³/mol. The monoisotopic (exact) mass is 321 g/mol. The molecule has 6 nitrogen and oxygen atoms in total. The normalized spacial score (nSPS) is 11.4. The van der Waals surface area contributed by atoms with Crippen LogP contribution in [0.5, 0.6) is 0 Å². The van der Waals surface area contributed by atoms with Crippen molar-refractivity contribution in [3.8, 4) is 0 Å². The summed E-state index contributed by atoms with van der Waals surface area (Å²) in [5, 5.41) is 7.74. The molecule has 0 aliphatic heterocycles. The molecule has 1 heterocycles. The first kappa shape index (κ1) is 14.9. The Morgan fingerprint density at radius 3 is 2.19 bits per heavy atom. The lowest BCUT2D eigenvalue weighted by Crippen LogP contribution is -2.15. The molecular weight excluding hydrogens is 315 g/mol. The van der Waals surface area contributed by atoms with E-state index in [9.17, 15) is 26.4 Å². The van der Waals surface area contributed by atoms with Crippen molar-refractivity contribution in [2.45, 2.75) is 5.09 Å². The van der Waals surface area contributed by atoms with Crippen LogP contribution in [0, 0.1) is 17.5 Å². The fourth-order valence-electron chi connectivity index (χ4n) is 1.40. The number of anilines is 1. The maximum Gasteiger partial charge on any atom is 0.371 e. The fraction of sp³-hybridized carbons (Fsp3) is 0. The lowest BCUT2D eigenvalue weighted by Gasteiger charge is -2.08. The van der Waals surface area contributed by atoms with E-state index in [2.05, 4.69) is 4.42 Å². The number of halogens is 3. The van der Waals surface area contributed by atoms with Crippen molar-refractivity contribution >= 4 is 21.7 Å². The summed E-state index contributed by atoms with van der Waals surface area (Å²) < 4.78 is 69.1. The van der Waals surface area contributed by atoms with E-state index in [0.29, 0.717) is 0 Å². The molecule has 0 amide bonds. The third-order valence-corrected chi connectivity index (χ3v) is 3.52. The van der Waals surface area contributed by atoms with Crippen LogP contribution in [0.15, 0.2) is 33.8 Å². The second-order valence-electron chi connectivity index (χ2n) is 3.77. The van der Waals surface area contributed by atoms with Crippen molar-refractivity contribution in [3.05, 3.63) is 47.5 Å². The number of carbonyl (C=O) groups is 1. The van der Waals surface area contributed by atoms with Crippen molar-refractivity contribution in [1.82, 2.24) is 0 Å². The largest absolute Gasteiger partial charge is 0.475 e. The van der Waals surface area contributed by atoms with Crippen molar-refractivity contribution < 1.29 is 35.9 Å². The smallest absolute Gasteiger partial charge is 0.371 e. The zero-order valence-corrected chi connectivity index (χ0v) is 10.7. The van der Waals surface area contributed by atoms with Crippen LogP contribution >= 0.6 is 0 Å². The fourth-order valence-corrected chi connectivity index (χ4v) is 2.41. The van der Waals surface area contributed by atoms with E-state index in [1.54, 1.807) is 0 Å². The summed E-state index contributed by atoms with van der Waals surface area (Å²) in [7, 11) is -4.57. The number of sulfonamides is 1. The highest BCUT2D eigenvalue weighted by atomic mass is 32.2. The minimum absolute atomic E-state index is 0.283. The first-order valence-electron chi connectivity index (χ1n) is 5.21. The summed E-state index contributed by atoms with van der Waals surface area (Å²) in [6.07, 6.45) is 0. The number of hydrogen-bond acceptors (Lipinski definition) is 4. The van der Waals surface area contributed by atoms with Gasteiger partial charge in [-0.05, 0) is 12.1 Å². The van der Waals surface area contributed by atoms with Gasteiger partial charge in [0.1, 0.15) is 11.5 Å². The quantitative estimate of drug-likeness (QED) is 0.900. The third kappa shape index (κ3) is 2.99. The highest BCUT2D eigenvalue weighted by Crippen LogP contribution is 2.24.